The minimum Gasteiger partial charge on any atom is -0.465 e. The first kappa shape index (κ1) is 19.7. The molecule has 0 saturated carbocycles. The molecule has 2 aromatic heterocycles. The number of carbonyl (C=O) groups excluding carboxylic acids is 2. The Balaban J connectivity index is 1.58. The molecule has 0 fully saturated rings. The van der Waals surface area contributed by atoms with Crippen LogP contribution in [0.15, 0.2) is 54.7 Å². The van der Waals surface area contributed by atoms with Crippen molar-refractivity contribution in [1.82, 2.24) is 14.3 Å². The molecule has 30 heavy (non-hydrogen) atoms. The Hall–Kier alpha value is -3.65. The number of hydrogen-bond donors (Lipinski definition) is 1. The van der Waals surface area contributed by atoms with Crippen molar-refractivity contribution in [2.75, 3.05) is 12.4 Å². The Bertz CT molecular complexity index is 1250. The molecular weight excluding hydrogens is 400 g/mol. The summed E-state index contributed by atoms with van der Waals surface area (Å²) in [4.78, 5) is 34.6. The lowest BCUT2D eigenvalue weighted by molar-refractivity contribution is 0.0600. The number of aryl methyl sites for hydroxylation is 1. The van der Waals surface area contributed by atoms with Gasteiger partial charge in [0.2, 0.25) is 0 Å². The molecule has 150 valence electrons. The average molecular weight is 418 g/mol. The highest BCUT2D eigenvalue weighted by molar-refractivity contribution is 7.06. The van der Waals surface area contributed by atoms with E-state index in [0.29, 0.717) is 28.9 Å². The summed E-state index contributed by atoms with van der Waals surface area (Å²) in [6.45, 7) is 1.80. The largest absolute Gasteiger partial charge is 0.465 e. The fourth-order valence-corrected chi connectivity index (χ4v) is 3.99. The molecule has 0 saturated heterocycles. The van der Waals surface area contributed by atoms with E-state index >= 15 is 0 Å². The monoisotopic (exact) mass is 418 g/mol. The number of fused-ring (bicyclic) bond motifs is 1. The molecule has 0 aliphatic rings. The lowest BCUT2D eigenvalue weighted by atomic mass is 10.1. The van der Waals surface area contributed by atoms with Crippen LogP contribution >= 0.6 is 11.5 Å². The van der Waals surface area contributed by atoms with E-state index in [2.05, 4.69) is 19.7 Å². The molecular formula is C22H18N4O3S. The first-order valence-corrected chi connectivity index (χ1v) is 9.98. The molecule has 0 bridgehead atoms. The van der Waals surface area contributed by atoms with Gasteiger partial charge in [-0.1, -0.05) is 18.2 Å². The van der Waals surface area contributed by atoms with Gasteiger partial charge in [0, 0.05) is 23.2 Å². The summed E-state index contributed by atoms with van der Waals surface area (Å²) < 4.78 is 9.09. The molecule has 1 amide bonds. The van der Waals surface area contributed by atoms with Crippen molar-refractivity contribution in [2.24, 2.45) is 0 Å². The Morgan fingerprint density at radius 3 is 2.70 bits per heavy atom. The lowest BCUT2D eigenvalue weighted by Gasteiger charge is -2.08. The highest BCUT2D eigenvalue weighted by Crippen LogP contribution is 2.24. The number of benzene rings is 2. The number of esters is 1. The zero-order valence-corrected chi connectivity index (χ0v) is 17.2. The summed E-state index contributed by atoms with van der Waals surface area (Å²) in [7, 11) is 1.32. The SMILES string of the molecule is COC(=O)c1cccc(NC(=O)c2c(C)nsc2Cc2cnc3ccccc3n2)c1. The predicted molar refractivity (Wildman–Crippen MR) is 115 cm³/mol. The number of ether oxygens (including phenoxy) is 1. The number of carbonyl (C=O) groups is 2. The van der Waals surface area contributed by atoms with Crippen LogP contribution in [0.25, 0.3) is 11.0 Å². The van der Waals surface area contributed by atoms with Crippen LogP contribution in [0.4, 0.5) is 5.69 Å². The molecule has 2 heterocycles. The van der Waals surface area contributed by atoms with Gasteiger partial charge in [0.1, 0.15) is 0 Å². The third kappa shape index (κ3) is 4.04. The number of nitrogens with zero attached hydrogens (tertiary/aromatic N) is 3. The number of amides is 1. The second-order valence-electron chi connectivity index (χ2n) is 6.62. The summed E-state index contributed by atoms with van der Waals surface area (Å²) >= 11 is 1.27. The molecule has 1 N–H and O–H groups in total. The lowest BCUT2D eigenvalue weighted by Crippen LogP contribution is -2.15. The summed E-state index contributed by atoms with van der Waals surface area (Å²) in [6.07, 6.45) is 2.17. The number of para-hydroxylation sites is 2. The molecule has 0 aliphatic carbocycles. The van der Waals surface area contributed by atoms with E-state index in [1.54, 1.807) is 37.4 Å². The molecule has 7 nitrogen and oxygen atoms in total. The normalized spacial score (nSPS) is 10.7. The minimum atomic E-state index is -0.463. The first-order valence-electron chi connectivity index (χ1n) is 9.20. The Morgan fingerprint density at radius 2 is 1.90 bits per heavy atom. The zero-order chi connectivity index (χ0) is 21.1. The van der Waals surface area contributed by atoms with Crippen molar-refractivity contribution in [1.29, 1.82) is 0 Å². The van der Waals surface area contributed by atoms with Gasteiger partial charge < -0.3 is 10.1 Å². The third-order valence-electron chi connectivity index (χ3n) is 4.54. The zero-order valence-electron chi connectivity index (χ0n) is 16.4. The predicted octanol–water partition coefficient (Wildman–Crippen LogP) is 4.02. The highest BCUT2D eigenvalue weighted by atomic mass is 32.1. The molecule has 0 unspecified atom stereocenters. The minimum absolute atomic E-state index is 0.285. The third-order valence-corrected chi connectivity index (χ3v) is 5.48. The van der Waals surface area contributed by atoms with E-state index in [9.17, 15) is 9.59 Å². The maximum atomic E-state index is 13.0. The van der Waals surface area contributed by atoms with Crippen molar-refractivity contribution in [2.45, 2.75) is 13.3 Å². The van der Waals surface area contributed by atoms with E-state index in [4.69, 9.17) is 4.74 Å². The van der Waals surface area contributed by atoms with Gasteiger partial charge in [0.05, 0.1) is 40.7 Å². The van der Waals surface area contributed by atoms with Crippen LogP contribution in [0.1, 0.15) is 37.0 Å². The van der Waals surface area contributed by atoms with E-state index in [1.165, 1.54) is 18.6 Å². The first-order chi connectivity index (χ1) is 14.5. The maximum absolute atomic E-state index is 13.0. The summed E-state index contributed by atoms with van der Waals surface area (Å²) in [6, 6.07) is 14.3. The van der Waals surface area contributed by atoms with Crippen molar-refractivity contribution in [3.8, 4) is 0 Å². The van der Waals surface area contributed by atoms with Crippen molar-refractivity contribution < 1.29 is 14.3 Å². The standard InChI is InChI=1S/C22H18N4O3S/c1-13-20(21(27)25-15-7-5-6-14(10-15)22(28)29-2)19(30-26-13)11-16-12-23-17-8-3-4-9-18(17)24-16/h3-10,12H,11H2,1-2H3,(H,25,27). The van der Waals surface area contributed by atoms with Crippen molar-refractivity contribution in [3.63, 3.8) is 0 Å². The van der Waals surface area contributed by atoms with Crippen LogP contribution in [-0.2, 0) is 11.2 Å². The van der Waals surface area contributed by atoms with Gasteiger partial charge in [0.15, 0.2) is 0 Å². The van der Waals surface area contributed by atoms with E-state index in [1.807, 2.05) is 24.3 Å². The molecule has 2 aromatic carbocycles. The van der Waals surface area contributed by atoms with Gasteiger partial charge in [-0.05, 0) is 48.8 Å². The molecule has 0 atom stereocenters. The summed E-state index contributed by atoms with van der Waals surface area (Å²) in [5.41, 5.74) is 4.42. The second kappa shape index (κ2) is 8.38. The number of anilines is 1. The van der Waals surface area contributed by atoms with E-state index < -0.39 is 5.97 Å². The van der Waals surface area contributed by atoms with Crippen LogP contribution in [0.3, 0.4) is 0 Å². The average Bonchev–Trinajstić information content (AvgIpc) is 3.13. The van der Waals surface area contributed by atoms with Gasteiger partial charge >= 0.3 is 5.97 Å². The molecule has 0 aliphatic heterocycles. The van der Waals surface area contributed by atoms with E-state index in [0.717, 1.165) is 21.6 Å². The van der Waals surface area contributed by atoms with Crippen LogP contribution in [0, 0.1) is 6.92 Å². The van der Waals surface area contributed by atoms with Crippen LogP contribution in [-0.4, -0.2) is 33.3 Å². The summed E-state index contributed by atoms with van der Waals surface area (Å²) in [5, 5.41) is 2.84. The quantitative estimate of drug-likeness (QED) is 0.492. The van der Waals surface area contributed by atoms with Gasteiger partial charge in [-0.2, -0.15) is 4.37 Å². The fourth-order valence-electron chi connectivity index (χ4n) is 3.11. The fraction of sp³-hybridized carbons (Fsp3) is 0.136. The van der Waals surface area contributed by atoms with Gasteiger partial charge in [0.25, 0.3) is 5.91 Å². The van der Waals surface area contributed by atoms with Gasteiger partial charge in [-0.15, -0.1) is 0 Å². The van der Waals surface area contributed by atoms with Crippen LogP contribution < -0.4 is 5.32 Å². The molecule has 0 radical (unpaired) electrons. The molecule has 4 aromatic rings. The topological polar surface area (TPSA) is 94.1 Å². The van der Waals surface area contributed by atoms with Crippen LogP contribution in [0.2, 0.25) is 0 Å². The molecule has 0 spiro atoms. The van der Waals surface area contributed by atoms with Gasteiger partial charge in [-0.25, -0.2) is 9.78 Å². The second-order valence-corrected chi connectivity index (χ2v) is 7.48. The Labute approximate surface area is 176 Å². The summed E-state index contributed by atoms with van der Waals surface area (Å²) in [5.74, 6) is -0.748. The van der Waals surface area contributed by atoms with Crippen molar-refractivity contribution >= 4 is 40.1 Å². The van der Waals surface area contributed by atoms with Crippen LogP contribution in [0.5, 0.6) is 0 Å². The maximum Gasteiger partial charge on any atom is 0.337 e. The number of aromatic nitrogens is 3. The smallest absolute Gasteiger partial charge is 0.337 e. The number of nitrogens with one attached hydrogen (secondary N) is 1. The number of rotatable bonds is 5. The molecule has 4 rings (SSSR count). The van der Waals surface area contributed by atoms with E-state index in [-0.39, 0.29) is 5.91 Å². The molecule has 8 heteroatoms. The number of methoxy groups -OCH3 is 1. The van der Waals surface area contributed by atoms with Crippen molar-refractivity contribution in [3.05, 3.63) is 82.1 Å². The van der Waals surface area contributed by atoms with Gasteiger partial charge in [-0.3, -0.25) is 9.78 Å². The Morgan fingerprint density at radius 1 is 1.10 bits per heavy atom. The highest BCUT2D eigenvalue weighted by Gasteiger charge is 2.20. The Kier molecular flexibility index (Phi) is 5.49. The number of hydrogen-bond acceptors (Lipinski definition) is 7.